The van der Waals surface area contributed by atoms with Gasteiger partial charge in [0.1, 0.15) is 11.5 Å². The first-order valence-corrected chi connectivity index (χ1v) is 9.42. The zero-order chi connectivity index (χ0) is 20.4. The molecule has 144 valence electrons. The van der Waals surface area contributed by atoms with Crippen molar-refractivity contribution in [2.24, 2.45) is 0 Å². The van der Waals surface area contributed by atoms with Crippen LogP contribution in [0.4, 0.5) is 5.69 Å². The zero-order valence-electron chi connectivity index (χ0n) is 15.4. The van der Waals surface area contributed by atoms with Gasteiger partial charge in [-0.3, -0.25) is 9.69 Å². The third-order valence-electron chi connectivity index (χ3n) is 4.22. The SMILES string of the molecule is COc1ccc(/C=C2\SC(=S)N(c3cc(C(=O)O)ccc3C)C2=O)c(OC)c1. The minimum absolute atomic E-state index is 0.0930. The number of thioether (sulfide) groups is 1. The Morgan fingerprint density at radius 3 is 2.57 bits per heavy atom. The van der Waals surface area contributed by atoms with Gasteiger partial charge < -0.3 is 14.6 Å². The van der Waals surface area contributed by atoms with E-state index in [1.807, 2.05) is 0 Å². The summed E-state index contributed by atoms with van der Waals surface area (Å²) in [5, 5.41) is 9.25. The lowest BCUT2D eigenvalue weighted by atomic mass is 10.1. The Balaban J connectivity index is 2.00. The molecule has 0 radical (unpaired) electrons. The molecule has 1 aliphatic heterocycles. The van der Waals surface area contributed by atoms with Gasteiger partial charge in [-0.15, -0.1) is 0 Å². The van der Waals surface area contributed by atoms with E-state index in [4.69, 9.17) is 21.7 Å². The van der Waals surface area contributed by atoms with Crippen LogP contribution in [-0.2, 0) is 4.79 Å². The Morgan fingerprint density at radius 1 is 1.18 bits per heavy atom. The van der Waals surface area contributed by atoms with Crippen molar-refractivity contribution in [1.82, 2.24) is 0 Å². The van der Waals surface area contributed by atoms with Gasteiger partial charge in [0.2, 0.25) is 0 Å². The third-order valence-corrected chi connectivity index (χ3v) is 5.52. The molecule has 1 N–H and O–H groups in total. The van der Waals surface area contributed by atoms with Gasteiger partial charge in [-0.25, -0.2) is 4.79 Å². The van der Waals surface area contributed by atoms with Gasteiger partial charge in [-0.2, -0.15) is 0 Å². The van der Waals surface area contributed by atoms with Crippen molar-refractivity contribution >= 4 is 51.9 Å². The van der Waals surface area contributed by atoms with E-state index < -0.39 is 5.97 Å². The molecule has 6 nitrogen and oxygen atoms in total. The number of nitrogens with zero attached hydrogens (tertiary/aromatic N) is 1. The van der Waals surface area contributed by atoms with Gasteiger partial charge in [-0.05, 0) is 42.8 Å². The highest BCUT2D eigenvalue weighted by atomic mass is 32.2. The summed E-state index contributed by atoms with van der Waals surface area (Å²) >= 11 is 6.55. The molecule has 28 heavy (non-hydrogen) atoms. The standard InChI is InChI=1S/C20H17NO5S2/c1-11-4-5-13(19(23)24)8-15(11)21-18(22)17(28-20(21)27)9-12-6-7-14(25-2)10-16(12)26-3/h4-10H,1-3H3,(H,23,24)/b17-9-. The molecular formula is C20H17NO5S2. The highest BCUT2D eigenvalue weighted by molar-refractivity contribution is 8.27. The van der Waals surface area contributed by atoms with E-state index in [1.165, 1.54) is 24.1 Å². The predicted octanol–water partition coefficient (Wildman–Crippen LogP) is 4.12. The molecule has 3 rings (SSSR count). The summed E-state index contributed by atoms with van der Waals surface area (Å²) in [7, 11) is 3.10. The minimum Gasteiger partial charge on any atom is -0.497 e. The minimum atomic E-state index is -1.06. The summed E-state index contributed by atoms with van der Waals surface area (Å²) < 4.78 is 10.9. The topological polar surface area (TPSA) is 76.1 Å². The smallest absolute Gasteiger partial charge is 0.335 e. The van der Waals surface area contributed by atoms with Gasteiger partial charge in [0.15, 0.2) is 4.32 Å². The molecule has 8 heteroatoms. The van der Waals surface area contributed by atoms with Crippen molar-refractivity contribution in [2.75, 3.05) is 19.1 Å². The fourth-order valence-electron chi connectivity index (χ4n) is 2.74. The fraction of sp³-hybridized carbons (Fsp3) is 0.150. The number of hydrogen-bond acceptors (Lipinski definition) is 6. The summed E-state index contributed by atoms with van der Waals surface area (Å²) in [6, 6.07) is 9.91. The van der Waals surface area contributed by atoms with Crippen LogP contribution in [0, 0.1) is 6.92 Å². The summed E-state index contributed by atoms with van der Waals surface area (Å²) in [5.41, 5.74) is 2.02. The second-order valence-corrected chi connectivity index (χ2v) is 7.61. The largest absolute Gasteiger partial charge is 0.497 e. The Morgan fingerprint density at radius 2 is 1.93 bits per heavy atom. The lowest BCUT2D eigenvalue weighted by Gasteiger charge is -2.17. The zero-order valence-corrected chi connectivity index (χ0v) is 17.0. The highest BCUT2D eigenvalue weighted by Crippen LogP contribution is 2.39. The molecule has 1 fully saturated rings. The Kier molecular flexibility index (Phi) is 5.71. The number of carbonyl (C=O) groups excluding carboxylic acids is 1. The van der Waals surface area contributed by atoms with Crippen LogP contribution in [0.15, 0.2) is 41.3 Å². The maximum Gasteiger partial charge on any atom is 0.335 e. The molecule has 1 saturated heterocycles. The lowest BCUT2D eigenvalue weighted by molar-refractivity contribution is -0.113. The van der Waals surface area contributed by atoms with E-state index in [0.29, 0.717) is 32.0 Å². The van der Waals surface area contributed by atoms with E-state index in [1.54, 1.807) is 44.4 Å². The van der Waals surface area contributed by atoms with E-state index in [2.05, 4.69) is 0 Å². The molecule has 1 aliphatic rings. The van der Waals surface area contributed by atoms with Crippen molar-refractivity contribution in [3.05, 3.63) is 58.0 Å². The Bertz CT molecular complexity index is 1020. The number of methoxy groups -OCH3 is 2. The number of ether oxygens (including phenoxy) is 2. The molecule has 1 amide bonds. The van der Waals surface area contributed by atoms with Crippen LogP contribution in [0.3, 0.4) is 0 Å². The maximum absolute atomic E-state index is 13.0. The molecule has 0 saturated carbocycles. The van der Waals surface area contributed by atoms with E-state index in [9.17, 15) is 14.7 Å². The number of carboxylic acids is 1. The first-order valence-electron chi connectivity index (χ1n) is 8.19. The van der Waals surface area contributed by atoms with Crippen LogP contribution in [0.2, 0.25) is 0 Å². The van der Waals surface area contributed by atoms with Gasteiger partial charge >= 0.3 is 5.97 Å². The number of thiocarbonyl (C=S) groups is 1. The quantitative estimate of drug-likeness (QED) is 0.582. The number of benzene rings is 2. The van der Waals surface area contributed by atoms with Crippen LogP contribution in [-0.4, -0.2) is 35.5 Å². The molecule has 0 unspecified atom stereocenters. The monoisotopic (exact) mass is 415 g/mol. The van der Waals surface area contributed by atoms with Gasteiger partial charge in [0, 0.05) is 11.6 Å². The second-order valence-electron chi connectivity index (χ2n) is 5.93. The number of aryl methyl sites for hydroxylation is 1. The van der Waals surface area contributed by atoms with Gasteiger partial charge in [0.25, 0.3) is 5.91 Å². The maximum atomic E-state index is 13.0. The summed E-state index contributed by atoms with van der Waals surface area (Å²) in [6.45, 7) is 1.80. The van der Waals surface area contributed by atoms with Crippen molar-refractivity contribution in [3.8, 4) is 11.5 Å². The normalized spacial score (nSPS) is 15.2. The Labute approximate surface area is 171 Å². The van der Waals surface area contributed by atoms with Crippen LogP contribution in [0.1, 0.15) is 21.5 Å². The van der Waals surface area contributed by atoms with Crippen LogP contribution in [0.5, 0.6) is 11.5 Å². The number of hydrogen-bond donors (Lipinski definition) is 1. The average molecular weight is 415 g/mol. The molecule has 1 heterocycles. The van der Waals surface area contributed by atoms with E-state index in [-0.39, 0.29) is 11.5 Å². The Hall–Kier alpha value is -2.84. The molecule has 0 spiro atoms. The molecule has 2 aromatic carbocycles. The van der Waals surface area contributed by atoms with Crippen molar-refractivity contribution in [2.45, 2.75) is 6.92 Å². The highest BCUT2D eigenvalue weighted by Gasteiger charge is 2.34. The van der Waals surface area contributed by atoms with E-state index in [0.717, 1.165) is 17.3 Å². The average Bonchev–Trinajstić information content (AvgIpc) is 2.95. The lowest BCUT2D eigenvalue weighted by Crippen LogP contribution is -2.28. The van der Waals surface area contributed by atoms with Crippen molar-refractivity contribution < 1.29 is 24.2 Å². The third kappa shape index (κ3) is 3.74. The first-order chi connectivity index (χ1) is 13.3. The molecular weight excluding hydrogens is 398 g/mol. The van der Waals surface area contributed by atoms with Gasteiger partial charge in [0.05, 0.1) is 30.4 Å². The predicted molar refractivity (Wildman–Crippen MR) is 113 cm³/mol. The molecule has 0 atom stereocenters. The number of carbonyl (C=O) groups is 2. The fourth-order valence-corrected chi connectivity index (χ4v) is 4.01. The summed E-state index contributed by atoms with van der Waals surface area (Å²) in [4.78, 5) is 26.1. The van der Waals surface area contributed by atoms with Crippen LogP contribution < -0.4 is 14.4 Å². The number of amides is 1. The number of carboxylic acid groups (broad SMARTS) is 1. The first kappa shape index (κ1) is 19.9. The van der Waals surface area contributed by atoms with Crippen LogP contribution >= 0.6 is 24.0 Å². The van der Waals surface area contributed by atoms with Crippen molar-refractivity contribution in [3.63, 3.8) is 0 Å². The molecule has 2 aromatic rings. The van der Waals surface area contributed by atoms with Crippen molar-refractivity contribution in [1.29, 1.82) is 0 Å². The number of anilines is 1. The molecule has 0 aromatic heterocycles. The second kappa shape index (κ2) is 8.04. The summed E-state index contributed by atoms with van der Waals surface area (Å²) in [5.74, 6) is -0.167. The molecule has 0 bridgehead atoms. The van der Waals surface area contributed by atoms with E-state index >= 15 is 0 Å². The summed E-state index contributed by atoms with van der Waals surface area (Å²) in [6.07, 6.45) is 1.70. The molecule has 0 aliphatic carbocycles. The van der Waals surface area contributed by atoms with Gasteiger partial charge in [-0.1, -0.05) is 30.0 Å². The number of rotatable bonds is 5. The number of aromatic carboxylic acids is 1. The van der Waals surface area contributed by atoms with Crippen LogP contribution in [0.25, 0.3) is 6.08 Å².